The maximum Gasteiger partial charge on any atom is 0.222 e. The lowest BCUT2D eigenvalue weighted by Crippen LogP contribution is -2.41. The highest BCUT2D eigenvalue weighted by molar-refractivity contribution is 7.99. The number of thioether (sulfide) groups is 1. The highest BCUT2D eigenvalue weighted by atomic mass is 32.2. The van der Waals surface area contributed by atoms with Crippen LogP contribution in [0.2, 0.25) is 0 Å². The number of amides is 1. The molecular formula is C11H22N2O2S. The van der Waals surface area contributed by atoms with Crippen LogP contribution in [0, 0.1) is 0 Å². The molecule has 0 aromatic rings. The van der Waals surface area contributed by atoms with Crippen LogP contribution in [-0.4, -0.2) is 49.8 Å². The van der Waals surface area contributed by atoms with Gasteiger partial charge in [0, 0.05) is 24.9 Å². The van der Waals surface area contributed by atoms with Crippen LogP contribution >= 0.6 is 11.8 Å². The topological polar surface area (TPSA) is 50.4 Å². The summed E-state index contributed by atoms with van der Waals surface area (Å²) >= 11 is 1.83. The van der Waals surface area contributed by atoms with Crippen molar-refractivity contribution in [1.29, 1.82) is 0 Å². The second-order valence-corrected chi connectivity index (χ2v) is 5.36. The van der Waals surface area contributed by atoms with E-state index >= 15 is 0 Å². The van der Waals surface area contributed by atoms with Crippen molar-refractivity contribution < 1.29 is 9.53 Å². The molecule has 2 unspecified atom stereocenters. The molecule has 16 heavy (non-hydrogen) atoms. The first-order valence-corrected chi connectivity index (χ1v) is 7.13. The summed E-state index contributed by atoms with van der Waals surface area (Å²) in [5, 5.41) is 6.75. The monoisotopic (exact) mass is 246 g/mol. The minimum atomic E-state index is 0.0479. The number of morpholine rings is 1. The lowest BCUT2D eigenvalue weighted by Gasteiger charge is -2.23. The van der Waals surface area contributed by atoms with Crippen LogP contribution in [0.25, 0.3) is 0 Å². The van der Waals surface area contributed by atoms with Gasteiger partial charge in [-0.1, -0.05) is 6.92 Å². The molecule has 94 valence electrons. The molecule has 1 aliphatic heterocycles. The van der Waals surface area contributed by atoms with E-state index in [-0.39, 0.29) is 12.0 Å². The Hall–Kier alpha value is -0.260. The second kappa shape index (κ2) is 7.92. The van der Waals surface area contributed by atoms with Crippen molar-refractivity contribution in [3.05, 3.63) is 0 Å². The Balaban J connectivity index is 2.05. The molecule has 1 rings (SSSR count). The fraction of sp³-hybridized carbons (Fsp3) is 0.909. The van der Waals surface area contributed by atoms with Gasteiger partial charge < -0.3 is 15.4 Å². The molecule has 1 amide bonds. The summed E-state index contributed by atoms with van der Waals surface area (Å²) < 4.78 is 5.47. The Morgan fingerprint density at radius 1 is 1.69 bits per heavy atom. The first kappa shape index (κ1) is 13.8. The third-order valence-corrected chi connectivity index (χ3v) is 3.73. The summed E-state index contributed by atoms with van der Waals surface area (Å²) in [4.78, 5) is 11.6. The summed E-state index contributed by atoms with van der Waals surface area (Å²) in [5.41, 5.74) is 0. The zero-order valence-corrected chi connectivity index (χ0v) is 10.9. The number of ether oxygens (including phenoxy) is 1. The Labute approximate surface area is 102 Å². The molecule has 0 saturated carbocycles. The SMILES string of the molecule is CSC(C)CCNC(=O)CC1CNCCO1. The van der Waals surface area contributed by atoms with E-state index in [0.717, 1.165) is 26.1 Å². The number of rotatable bonds is 6. The van der Waals surface area contributed by atoms with Gasteiger partial charge in [-0.25, -0.2) is 0 Å². The molecule has 4 nitrogen and oxygen atoms in total. The summed E-state index contributed by atoms with van der Waals surface area (Å²) in [6, 6.07) is 0. The molecule has 1 fully saturated rings. The molecule has 2 atom stereocenters. The fourth-order valence-electron chi connectivity index (χ4n) is 1.56. The van der Waals surface area contributed by atoms with E-state index in [1.54, 1.807) is 0 Å². The molecule has 0 aliphatic carbocycles. The van der Waals surface area contributed by atoms with Gasteiger partial charge in [0.05, 0.1) is 19.1 Å². The van der Waals surface area contributed by atoms with E-state index in [0.29, 0.717) is 18.3 Å². The highest BCUT2D eigenvalue weighted by Crippen LogP contribution is 2.08. The van der Waals surface area contributed by atoms with Gasteiger partial charge in [-0.3, -0.25) is 4.79 Å². The van der Waals surface area contributed by atoms with Gasteiger partial charge in [-0.05, 0) is 12.7 Å². The van der Waals surface area contributed by atoms with Crippen LogP contribution in [0.15, 0.2) is 0 Å². The van der Waals surface area contributed by atoms with Crippen LogP contribution in [0.5, 0.6) is 0 Å². The lowest BCUT2D eigenvalue weighted by atomic mass is 10.2. The number of carbonyl (C=O) groups excluding carboxylic acids is 1. The Kier molecular flexibility index (Phi) is 6.84. The van der Waals surface area contributed by atoms with Crippen molar-refractivity contribution in [2.24, 2.45) is 0 Å². The smallest absolute Gasteiger partial charge is 0.222 e. The van der Waals surface area contributed by atoms with E-state index in [1.807, 2.05) is 11.8 Å². The van der Waals surface area contributed by atoms with Crippen molar-refractivity contribution in [2.45, 2.75) is 31.1 Å². The molecule has 0 aromatic carbocycles. The largest absolute Gasteiger partial charge is 0.375 e. The molecule has 2 N–H and O–H groups in total. The molecule has 0 bridgehead atoms. The van der Waals surface area contributed by atoms with Crippen molar-refractivity contribution in [3.63, 3.8) is 0 Å². The van der Waals surface area contributed by atoms with E-state index in [2.05, 4.69) is 23.8 Å². The molecular weight excluding hydrogens is 224 g/mol. The summed E-state index contributed by atoms with van der Waals surface area (Å²) in [7, 11) is 0. The highest BCUT2D eigenvalue weighted by Gasteiger charge is 2.16. The molecule has 1 saturated heterocycles. The van der Waals surface area contributed by atoms with Gasteiger partial charge in [0.2, 0.25) is 5.91 Å². The van der Waals surface area contributed by atoms with Crippen molar-refractivity contribution in [2.75, 3.05) is 32.5 Å². The zero-order valence-electron chi connectivity index (χ0n) is 10.1. The van der Waals surface area contributed by atoms with Gasteiger partial charge in [0.1, 0.15) is 0 Å². The number of carbonyl (C=O) groups is 1. The zero-order chi connectivity index (χ0) is 11.8. The third kappa shape index (κ3) is 5.72. The molecule has 0 aromatic heterocycles. The summed E-state index contributed by atoms with van der Waals surface area (Å²) in [5.74, 6) is 0.0991. The van der Waals surface area contributed by atoms with E-state index < -0.39 is 0 Å². The molecule has 1 heterocycles. The van der Waals surface area contributed by atoms with E-state index in [1.165, 1.54) is 0 Å². The van der Waals surface area contributed by atoms with Crippen molar-refractivity contribution in [3.8, 4) is 0 Å². The van der Waals surface area contributed by atoms with Crippen LogP contribution in [0.4, 0.5) is 0 Å². The second-order valence-electron chi connectivity index (χ2n) is 4.09. The molecule has 0 spiro atoms. The van der Waals surface area contributed by atoms with E-state index in [9.17, 15) is 4.79 Å². The van der Waals surface area contributed by atoms with Crippen molar-refractivity contribution >= 4 is 17.7 Å². The van der Waals surface area contributed by atoms with Crippen molar-refractivity contribution in [1.82, 2.24) is 10.6 Å². The third-order valence-electron chi connectivity index (χ3n) is 2.69. The molecule has 0 radical (unpaired) electrons. The average Bonchev–Trinajstić information content (AvgIpc) is 2.30. The quantitative estimate of drug-likeness (QED) is 0.721. The number of nitrogens with one attached hydrogen (secondary N) is 2. The lowest BCUT2D eigenvalue weighted by molar-refractivity contribution is -0.124. The number of hydrogen-bond donors (Lipinski definition) is 2. The van der Waals surface area contributed by atoms with Crippen LogP contribution in [0.3, 0.4) is 0 Å². The standard InChI is InChI=1S/C11H22N2O2S/c1-9(16-2)3-4-13-11(14)7-10-8-12-5-6-15-10/h9-10,12H,3-8H2,1-2H3,(H,13,14). The minimum absolute atomic E-state index is 0.0479. The van der Waals surface area contributed by atoms with Gasteiger partial charge in [-0.2, -0.15) is 11.8 Å². The predicted molar refractivity (Wildman–Crippen MR) is 67.8 cm³/mol. The fourth-order valence-corrected chi connectivity index (χ4v) is 1.92. The summed E-state index contributed by atoms with van der Waals surface area (Å²) in [6.45, 7) is 5.32. The maximum atomic E-state index is 11.6. The van der Waals surface area contributed by atoms with Crippen LogP contribution in [0.1, 0.15) is 19.8 Å². The first-order chi connectivity index (χ1) is 7.72. The Bertz CT molecular complexity index is 208. The average molecular weight is 246 g/mol. The van der Waals surface area contributed by atoms with Crippen LogP contribution < -0.4 is 10.6 Å². The normalized spacial score (nSPS) is 22.8. The molecule has 5 heteroatoms. The van der Waals surface area contributed by atoms with Crippen LogP contribution in [-0.2, 0) is 9.53 Å². The number of hydrogen-bond acceptors (Lipinski definition) is 4. The Morgan fingerprint density at radius 3 is 3.12 bits per heavy atom. The van der Waals surface area contributed by atoms with Gasteiger partial charge >= 0.3 is 0 Å². The first-order valence-electron chi connectivity index (χ1n) is 5.84. The maximum absolute atomic E-state index is 11.6. The Morgan fingerprint density at radius 2 is 2.50 bits per heavy atom. The minimum Gasteiger partial charge on any atom is -0.375 e. The van der Waals surface area contributed by atoms with Gasteiger partial charge in [-0.15, -0.1) is 0 Å². The predicted octanol–water partition coefficient (Wildman–Crippen LogP) is 0.623. The van der Waals surface area contributed by atoms with E-state index in [4.69, 9.17) is 4.74 Å². The molecule has 1 aliphatic rings. The summed E-state index contributed by atoms with van der Waals surface area (Å²) in [6.07, 6.45) is 3.64. The van der Waals surface area contributed by atoms with Gasteiger partial charge in [0.15, 0.2) is 0 Å². The van der Waals surface area contributed by atoms with Gasteiger partial charge in [0.25, 0.3) is 0 Å².